The average molecular weight is 458 g/mol. The molecule has 1 aliphatic rings. The first-order valence-corrected chi connectivity index (χ1v) is 11.4. The highest BCUT2D eigenvalue weighted by Gasteiger charge is 2.28. The zero-order valence-electron chi connectivity index (χ0n) is 18.3. The number of carbonyl (C=O) groups is 1. The smallest absolute Gasteiger partial charge is 0.265 e. The van der Waals surface area contributed by atoms with Gasteiger partial charge < -0.3 is 14.2 Å². The molecule has 0 radical (unpaired) electrons. The minimum absolute atomic E-state index is 0.0860. The van der Waals surface area contributed by atoms with Gasteiger partial charge in [0.05, 0.1) is 24.7 Å². The fourth-order valence-electron chi connectivity index (χ4n) is 2.98. The fourth-order valence-corrected chi connectivity index (χ4v) is 4.16. The Morgan fingerprint density at radius 1 is 1.00 bits per heavy atom. The van der Waals surface area contributed by atoms with Gasteiger partial charge in [0.15, 0.2) is 11.5 Å². The molecule has 1 fully saturated rings. The van der Waals surface area contributed by atoms with Crippen molar-refractivity contribution in [3.8, 4) is 17.2 Å². The number of thioether (sulfide) groups is 1. The first-order valence-electron chi connectivity index (χ1n) is 10.2. The molecule has 0 aliphatic carbocycles. The Morgan fingerprint density at radius 2 is 1.74 bits per heavy atom. The lowest BCUT2D eigenvalue weighted by Gasteiger charge is -2.14. The molecule has 164 valence electrons. The number of hydrogen-bond acceptors (Lipinski definition) is 6. The van der Waals surface area contributed by atoms with Crippen LogP contribution in [0.25, 0.3) is 6.08 Å². The summed E-state index contributed by atoms with van der Waals surface area (Å²) >= 11 is 6.49. The summed E-state index contributed by atoms with van der Waals surface area (Å²) in [7, 11) is 1.69. The van der Waals surface area contributed by atoms with E-state index in [0.717, 1.165) is 23.3 Å². The van der Waals surface area contributed by atoms with Gasteiger partial charge in [-0.3, -0.25) is 9.69 Å². The maximum Gasteiger partial charge on any atom is 0.265 e. The van der Waals surface area contributed by atoms with Gasteiger partial charge in [-0.15, -0.1) is 0 Å². The van der Waals surface area contributed by atoms with Crippen molar-refractivity contribution in [3.63, 3.8) is 0 Å². The summed E-state index contributed by atoms with van der Waals surface area (Å²) in [6.45, 7) is 7.63. The van der Waals surface area contributed by atoms with Crippen LogP contribution in [0.2, 0.25) is 0 Å². The van der Waals surface area contributed by atoms with Crippen molar-refractivity contribution in [2.24, 2.45) is 0 Å². The zero-order chi connectivity index (χ0) is 22.4. The standard InChI is InChI=1S/C24H27NO4S2/c1-5-27-21-14-18(15-22-23(26)25(4)24(30)31-22)9-10-19(21)28-11-6-12-29-20-13-16(2)7-8-17(20)3/h7-10,13-15H,5-6,11-12H2,1-4H3/b22-15-. The van der Waals surface area contributed by atoms with Gasteiger partial charge in [-0.2, -0.15) is 0 Å². The van der Waals surface area contributed by atoms with E-state index in [2.05, 4.69) is 25.1 Å². The second-order valence-corrected chi connectivity index (χ2v) is 8.88. The van der Waals surface area contributed by atoms with Crippen molar-refractivity contribution in [2.75, 3.05) is 26.9 Å². The predicted molar refractivity (Wildman–Crippen MR) is 130 cm³/mol. The molecule has 0 unspecified atom stereocenters. The number of likely N-dealkylation sites (N-methyl/N-ethyl adjacent to an activating group) is 1. The summed E-state index contributed by atoms with van der Waals surface area (Å²) in [5, 5.41) is 0. The number of ether oxygens (including phenoxy) is 3. The number of carbonyl (C=O) groups excluding carboxylic acids is 1. The molecule has 0 bridgehead atoms. The second-order valence-electron chi connectivity index (χ2n) is 7.20. The Bertz CT molecular complexity index is 1000. The Morgan fingerprint density at radius 3 is 2.42 bits per heavy atom. The summed E-state index contributed by atoms with van der Waals surface area (Å²) < 4.78 is 18.1. The molecule has 0 saturated carbocycles. The molecule has 2 aromatic carbocycles. The Kier molecular flexibility index (Phi) is 7.98. The number of thiocarbonyl (C=S) groups is 1. The van der Waals surface area contributed by atoms with Crippen molar-refractivity contribution in [1.82, 2.24) is 4.90 Å². The Labute approximate surface area is 193 Å². The van der Waals surface area contributed by atoms with Crippen molar-refractivity contribution >= 4 is 40.3 Å². The molecule has 7 heteroatoms. The van der Waals surface area contributed by atoms with Crippen LogP contribution in [-0.4, -0.2) is 42.0 Å². The monoisotopic (exact) mass is 457 g/mol. The van der Waals surface area contributed by atoms with E-state index in [-0.39, 0.29) is 5.91 Å². The molecule has 1 amide bonds. The third-order valence-corrected chi connectivity index (χ3v) is 6.18. The van der Waals surface area contributed by atoms with Crippen LogP contribution in [0.3, 0.4) is 0 Å². The molecule has 2 aromatic rings. The van der Waals surface area contributed by atoms with Gasteiger partial charge in [0.2, 0.25) is 0 Å². The number of amides is 1. The molecule has 0 N–H and O–H groups in total. The first-order chi connectivity index (χ1) is 14.9. The van der Waals surface area contributed by atoms with E-state index in [1.807, 2.05) is 38.1 Å². The lowest BCUT2D eigenvalue weighted by Crippen LogP contribution is -2.22. The second kappa shape index (κ2) is 10.7. The van der Waals surface area contributed by atoms with Crippen molar-refractivity contribution in [2.45, 2.75) is 27.2 Å². The molecule has 1 aliphatic heterocycles. The fraction of sp³-hybridized carbons (Fsp3) is 0.333. The predicted octanol–water partition coefficient (Wildman–Crippen LogP) is 5.38. The number of nitrogens with zero attached hydrogens (tertiary/aromatic N) is 1. The number of benzene rings is 2. The van der Waals surface area contributed by atoms with E-state index in [4.69, 9.17) is 26.4 Å². The van der Waals surface area contributed by atoms with Crippen LogP contribution < -0.4 is 14.2 Å². The van der Waals surface area contributed by atoms with Gasteiger partial charge in [0.1, 0.15) is 10.1 Å². The highest BCUT2D eigenvalue weighted by Crippen LogP contribution is 2.34. The van der Waals surface area contributed by atoms with Crippen LogP contribution in [0.4, 0.5) is 0 Å². The number of rotatable bonds is 9. The lowest BCUT2D eigenvalue weighted by molar-refractivity contribution is -0.121. The van der Waals surface area contributed by atoms with E-state index < -0.39 is 0 Å². The Hall–Kier alpha value is -2.51. The van der Waals surface area contributed by atoms with Crippen molar-refractivity contribution in [3.05, 3.63) is 58.0 Å². The van der Waals surface area contributed by atoms with Gasteiger partial charge in [0, 0.05) is 13.5 Å². The number of hydrogen-bond donors (Lipinski definition) is 0. The van der Waals surface area contributed by atoms with Crippen molar-refractivity contribution < 1.29 is 19.0 Å². The molecule has 1 saturated heterocycles. The van der Waals surface area contributed by atoms with Gasteiger partial charge in [-0.25, -0.2) is 0 Å². The van der Waals surface area contributed by atoms with E-state index in [1.54, 1.807) is 7.05 Å². The summed E-state index contributed by atoms with van der Waals surface area (Å²) in [6, 6.07) is 11.9. The van der Waals surface area contributed by atoms with Crippen LogP contribution in [0.15, 0.2) is 41.3 Å². The number of aryl methyl sites for hydroxylation is 2. The summed E-state index contributed by atoms with van der Waals surface area (Å²) in [5.74, 6) is 2.15. The zero-order valence-corrected chi connectivity index (χ0v) is 19.9. The quantitative estimate of drug-likeness (QED) is 0.286. The molecule has 0 atom stereocenters. The normalized spacial score (nSPS) is 15.0. The topological polar surface area (TPSA) is 48.0 Å². The first kappa shape index (κ1) is 23.2. The van der Waals surface area contributed by atoms with Crippen LogP contribution in [-0.2, 0) is 4.79 Å². The summed E-state index contributed by atoms with van der Waals surface area (Å²) in [4.78, 5) is 14.3. The molecule has 31 heavy (non-hydrogen) atoms. The molecule has 0 spiro atoms. The Balaban J connectivity index is 1.59. The van der Waals surface area contributed by atoms with Crippen LogP contribution >= 0.6 is 24.0 Å². The molecule has 3 rings (SSSR count). The van der Waals surface area contributed by atoms with Crippen LogP contribution in [0, 0.1) is 13.8 Å². The van der Waals surface area contributed by atoms with Crippen LogP contribution in [0.5, 0.6) is 17.2 Å². The maximum absolute atomic E-state index is 12.2. The SMILES string of the molecule is CCOc1cc(/C=C2\SC(=S)N(C)C2=O)ccc1OCCCOc1cc(C)ccc1C. The van der Waals surface area contributed by atoms with E-state index in [0.29, 0.717) is 40.5 Å². The van der Waals surface area contributed by atoms with Crippen LogP contribution in [0.1, 0.15) is 30.0 Å². The van der Waals surface area contributed by atoms with Crippen molar-refractivity contribution in [1.29, 1.82) is 0 Å². The van der Waals surface area contributed by atoms with E-state index in [9.17, 15) is 4.79 Å². The third-order valence-electron chi connectivity index (χ3n) is 4.70. The molecule has 0 aromatic heterocycles. The largest absolute Gasteiger partial charge is 0.493 e. The highest BCUT2D eigenvalue weighted by atomic mass is 32.2. The minimum atomic E-state index is -0.0860. The lowest BCUT2D eigenvalue weighted by atomic mass is 10.1. The van der Waals surface area contributed by atoms with Gasteiger partial charge >= 0.3 is 0 Å². The molecule has 1 heterocycles. The minimum Gasteiger partial charge on any atom is -0.493 e. The molecular weight excluding hydrogens is 430 g/mol. The van der Waals surface area contributed by atoms with E-state index in [1.165, 1.54) is 22.2 Å². The highest BCUT2D eigenvalue weighted by molar-refractivity contribution is 8.26. The molecular formula is C24H27NO4S2. The average Bonchev–Trinajstić information content (AvgIpc) is 2.98. The summed E-state index contributed by atoms with van der Waals surface area (Å²) in [5.41, 5.74) is 3.17. The molecule has 5 nitrogen and oxygen atoms in total. The summed E-state index contributed by atoms with van der Waals surface area (Å²) in [6.07, 6.45) is 2.58. The van der Waals surface area contributed by atoms with E-state index >= 15 is 0 Å². The third kappa shape index (κ3) is 6.02. The van der Waals surface area contributed by atoms with Gasteiger partial charge in [-0.05, 0) is 61.7 Å². The van der Waals surface area contributed by atoms with Gasteiger partial charge in [0.25, 0.3) is 5.91 Å². The maximum atomic E-state index is 12.2. The van der Waals surface area contributed by atoms with Gasteiger partial charge in [-0.1, -0.05) is 42.2 Å².